The summed E-state index contributed by atoms with van der Waals surface area (Å²) in [5.41, 5.74) is 2.64. The maximum Gasteiger partial charge on any atom is 0.0391 e. The van der Waals surface area contributed by atoms with E-state index in [0.29, 0.717) is 24.2 Å². The van der Waals surface area contributed by atoms with Crippen LogP contribution >= 0.6 is 0 Å². The topological polar surface area (TPSA) is 6.48 Å². The third-order valence-corrected chi connectivity index (χ3v) is 3.65. The molecule has 0 N–H and O–H groups in total. The second-order valence-electron chi connectivity index (χ2n) is 6.71. The fourth-order valence-corrected chi connectivity index (χ4v) is 3.20. The lowest BCUT2D eigenvalue weighted by molar-refractivity contribution is 0.600. The second-order valence-corrected chi connectivity index (χ2v) is 6.71. The van der Waals surface area contributed by atoms with Crippen LogP contribution in [-0.4, -0.2) is 24.2 Å². The Hall–Kier alpha value is -1.18. The molecule has 1 rings (SSSR count). The van der Waals surface area contributed by atoms with Crippen LogP contribution in [0.15, 0.2) is 24.3 Å². The van der Waals surface area contributed by atoms with Crippen LogP contribution in [0.3, 0.4) is 0 Å². The van der Waals surface area contributed by atoms with Crippen LogP contribution in [0.4, 0.5) is 11.4 Å². The minimum Gasteiger partial charge on any atom is -0.367 e. The zero-order chi connectivity index (χ0) is 15.4. The van der Waals surface area contributed by atoms with Crippen molar-refractivity contribution in [2.45, 2.75) is 79.6 Å². The van der Waals surface area contributed by atoms with Crippen molar-refractivity contribution >= 4 is 11.4 Å². The van der Waals surface area contributed by atoms with Crippen LogP contribution < -0.4 is 9.80 Å². The zero-order valence-corrected chi connectivity index (χ0v) is 14.5. The summed E-state index contributed by atoms with van der Waals surface area (Å²) in [6.07, 6.45) is 0. The summed E-state index contributed by atoms with van der Waals surface area (Å²) in [6.45, 7) is 18.1. The average molecular weight is 276 g/mol. The van der Waals surface area contributed by atoms with Gasteiger partial charge in [-0.1, -0.05) is 6.07 Å². The molecule has 0 spiro atoms. The molecular formula is C18H32N2. The molecule has 0 amide bonds. The van der Waals surface area contributed by atoms with Crippen LogP contribution in [0.1, 0.15) is 55.4 Å². The van der Waals surface area contributed by atoms with Gasteiger partial charge in [0.15, 0.2) is 0 Å². The van der Waals surface area contributed by atoms with E-state index in [4.69, 9.17) is 0 Å². The first kappa shape index (κ1) is 16.9. The molecule has 0 unspecified atom stereocenters. The van der Waals surface area contributed by atoms with Crippen molar-refractivity contribution in [1.29, 1.82) is 0 Å². The summed E-state index contributed by atoms with van der Waals surface area (Å²) in [6, 6.07) is 11.0. The highest BCUT2D eigenvalue weighted by Crippen LogP contribution is 2.28. The van der Waals surface area contributed by atoms with Crippen molar-refractivity contribution in [3.05, 3.63) is 24.3 Å². The van der Waals surface area contributed by atoms with Gasteiger partial charge in [-0.05, 0) is 73.6 Å². The van der Waals surface area contributed by atoms with Crippen molar-refractivity contribution in [3.8, 4) is 0 Å². The van der Waals surface area contributed by atoms with Gasteiger partial charge in [0.1, 0.15) is 0 Å². The van der Waals surface area contributed by atoms with Crippen molar-refractivity contribution in [2.24, 2.45) is 0 Å². The maximum atomic E-state index is 2.47. The first-order valence-electron chi connectivity index (χ1n) is 7.92. The van der Waals surface area contributed by atoms with E-state index in [1.54, 1.807) is 0 Å². The molecule has 114 valence electrons. The minimum atomic E-state index is 0.511. The molecule has 0 aliphatic carbocycles. The van der Waals surface area contributed by atoms with Gasteiger partial charge in [0.05, 0.1) is 0 Å². The highest BCUT2D eigenvalue weighted by molar-refractivity contribution is 5.60. The van der Waals surface area contributed by atoms with Crippen molar-refractivity contribution in [3.63, 3.8) is 0 Å². The van der Waals surface area contributed by atoms with Gasteiger partial charge in [-0.15, -0.1) is 0 Å². The smallest absolute Gasteiger partial charge is 0.0391 e. The summed E-state index contributed by atoms with van der Waals surface area (Å²) in [4.78, 5) is 4.95. The van der Waals surface area contributed by atoms with E-state index >= 15 is 0 Å². The molecule has 0 radical (unpaired) electrons. The van der Waals surface area contributed by atoms with Crippen LogP contribution in [0.5, 0.6) is 0 Å². The predicted octanol–water partition coefficient (Wildman–Crippen LogP) is 4.93. The van der Waals surface area contributed by atoms with E-state index in [1.165, 1.54) is 11.4 Å². The summed E-state index contributed by atoms with van der Waals surface area (Å²) >= 11 is 0. The molecule has 2 heteroatoms. The Morgan fingerprint density at radius 3 is 1.15 bits per heavy atom. The molecule has 0 aromatic heterocycles. The third-order valence-electron chi connectivity index (χ3n) is 3.65. The lowest BCUT2D eigenvalue weighted by atomic mass is 10.1. The molecule has 0 atom stereocenters. The van der Waals surface area contributed by atoms with E-state index in [-0.39, 0.29) is 0 Å². The summed E-state index contributed by atoms with van der Waals surface area (Å²) in [5.74, 6) is 0. The van der Waals surface area contributed by atoms with Gasteiger partial charge in [-0.25, -0.2) is 0 Å². The van der Waals surface area contributed by atoms with Gasteiger partial charge < -0.3 is 9.80 Å². The highest BCUT2D eigenvalue weighted by Gasteiger charge is 2.18. The molecule has 0 fully saturated rings. The molecule has 20 heavy (non-hydrogen) atoms. The molecule has 2 nitrogen and oxygen atoms in total. The monoisotopic (exact) mass is 276 g/mol. The largest absolute Gasteiger partial charge is 0.367 e. The average Bonchev–Trinajstić information content (AvgIpc) is 2.27. The van der Waals surface area contributed by atoms with Gasteiger partial charge in [0.25, 0.3) is 0 Å². The van der Waals surface area contributed by atoms with E-state index < -0.39 is 0 Å². The molecule has 0 heterocycles. The zero-order valence-electron chi connectivity index (χ0n) is 14.5. The highest BCUT2D eigenvalue weighted by atomic mass is 15.2. The molecular weight excluding hydrogens is 244 g/mol. The van der Waals surface area contributed by atoms with Gasteiger partial charge in [-0.3, -0.25) is 0 Å². The number of nitrogens with zero attached hydrogens (tertiary/aromatic N) is 2. The number of anilines is 2. The van der Waals surface area contributed by atoms with Crippen LogP contribution in [-0.2, 0) is 0 Å². The molecule has 0 saturated heterocycles. The Morgan fingerprint density at radius 2 is 0.900 bits per heavy atom. The molecule has 1 aromatic rings. The summed E-state index contributed by atoms with van der Waals surface area (Å²) in [5, 5.41) is 0. The van der Waals surface area contributed by atoms with Crippen LogP contribution in [0.25, 0.3) is 0 Å². The SMILES string of the molecule is CC(C)N(c1cccc(N(C(C)C)C(C)C)c1)C(C)C. The first-order chi connectivity index (χ1) is 9.25. The van der Waals surface area contributed by atoms with Gasteiger partial charge in [-0.2, -0.15) is 0 Å². The standard InChI is InChI=1S/C18H32N2/c1-13(2)19(14(3)4)17-10-9-11-18(12-17)20(15(5)6)16(7)8/h9-16H,1-8H3. The fraction of sp³-hybridized carbons (Fsp3) is 0.667. The Kier molecular flexibility index (Phi) is 5.91. The second kappa shape index (κ2) is 7.01. The Bertz CT molecular complexity index is 356. The predicted molar refractivity (Wildman–Crippen MR) is 91.9 cm³/mol. The Labute approximate surface area is 125 Å². The van der Waals surface area contributed by atoms with Crippen molar-refractivity contribution < 1.29 is 0 Å². The fourth-order valence-electron chi connectivity index (χ4n) is 3.20. The quantitative estimate of drug-likeness (QED) is 0.726. The lowest BCUT2D eigenvalue weighted by Crippen LogP contribution is -2.38. The Balaban J connectivity index is 3.17. The number of rotatable bonds is 6. The Morgan fingerprint density at radius 1 is 0.600 bits per heavy atom. The lowest BCUT2D eigenvalue weighted by Gasteiger charge is -2.36. The normalized spacial score (nSPS) is 11.8. The maximum absolute atomic E-state index is 2.47. The third kappa shape index (κ3) is 3.91. The van der Waals surface area contributed by atoms with Gasteiger partial charge >= 0.3 is 0 Å². The molecule has 1 aromatic carbocycles. The number of hydrogen-bond donors (Lipinski definition) is 0. The molecule has 0 saturated carbocycles. The summed E-state index contributed by atoms with van der Waals surface area (Å²) < 4.78 is 0. The number of benzene rings is 1. The summed E-state index contributed by atoms with van der Waals surface area (Å²) in [7, 11) is 0. The first-order valence-corrected chi connectivity index (χ1v) is 7.92. The van der Waals surface area contributed by atoms with E-state index in [0.717, 1.165) is 0 Å². The molecule has 0 aliphatic rings. The van der Waals surface area contributed by atoms with Crippen LogP contribution in [0, 0.1) is 0 Å². The minimum absolute atomic E-state index is 0.511. The van der Waals surface area contributed by atoms with Gasteiger partial charge in [0.2, 0.25) is 0 Å². The molecule has 0 aliphatic heterocycles. The molecule has 0 bridgehead atoms. The van der Waals surface area contributed by atoms with Crippen LogP contribution in [0.2, 0.25) is 0 Å². The van der Waals surface area contributed by atoms with Crippen molar-refractivity contribution in [1.82, 2.24) is 0 Å². The van der Waals surface area contributed by atoms with Gasteiger partial charge in [0, 0.05) is 35.5 Å². The number of hydrogen-bond acceptors (Lipinski definition) is 2. The van der Waals surface area contributed by atoms with E-state index in [1.807, 2.05) is 0 Å². The van der Waals surface area contributed by atoms with Crippen molar-refractivity contribution in [2.75, 3.05) is 9.80 Å². The van der Waals surface area contributed by atoms with E-state index in [2.05, 4.69) is 89.5 Å². The van der Waals surface area contributed by atoms with E-state index in [9.17, 15) is 0 Å².